The Bertz CT molecular complexity index is 486. The first-order valence-electron chi connectivity index (χ1n) is 7.70. The molecule has 0 spiro atoms. The molecule has 2 N–H and O–H groups in total. The quantitative estimate of drug-likeness (QED) is 0.840. The first kappa shape index (κ1) is 18.4. The normalized spacial score (nSPS) is 14.3. The highest BCUT2D eigenvalue weighted by Crippen LogP contribution is 2.20. The molecule has 0 aliphatic heterocycles. The number of carbonyl (C=O) groups is 1. The Morgan fingerprint density at radius 2 is 1.95 bits per heavy atom. The molecule has 4 nitrogen and oxygen atoms in total. The Morgan fingerprint density at radius 1 is 1.32 bits per heavy atom. The molecule has 0 fully saturated rings. The number of halogens is 1. The summed E-state index contributed by atoms with van der Waals surface area (Å²) in [6, 6.07) is 6.66. The zero-order chi connectivity index (χ0) is 16.8. The van der Waals surface area contributed by atoms with E-state index in [-0.39, 0.29) is 17.9 Å². The van der Waals surface area contributed by atoms with Gasteiger partial charge in [-0.25, -0.2) is 9.18 Å². The maximum Gasteiger partial charge on any atom is 0.407 e. The average molecular weight is 310 g/mol. The lowest BCUT2D eigenvalue weighted by Gasteiger charge is -2.24. The molecule has 0 saturated carbocycles. The predicted molar refractivity (Wildman–Crippen MR) is 86.3 cm³/mol. The highest BCUT2D eigenvalue weighted by molar-refractivity contribution is 5.67. The molecule has 22 heavy (non-hydrogen) atoms. The Labute approximate surface area is 132 Å². The predicted octanol–water partition coefficient (Wildman–Crippen LogP) is 3.78. The van der Waals surface area contributed by atoms with Gasteiger partial charge in [-0.15, -0.1) is 0 Å². The fraction of sp³-hybridized carbons (Fsp3) is 0.588. The van der Waals surface area contributed by atoms with E-state index in [0.717, 1.165) is 6.42 Å². The molecule has 1 rings (SSSR count). The molecule has 2 atom stereocenters. The second-order valence-corrected chi connectivity index (χ2v) is 6.43. The van der Waals surface area contributed by atoms with Gasteiger partial charge < -0.3 is 15.4 Å². The van der Waals surface area contributed by atoms with E-state index in [1.54, 1.807) is 12.1 Å². The first-order valence-corrected chi connectivity index (χ1v) is 7.70. The van der Waals surface area contributed by atoms with Gasteiger partial charge in [0.25, 0.3) is 0 Å². The monoisotopic (exact) mass is 310 g/mol. The van der Waals surface area contributed by atoms with Gasteiger partial charge in [0.2, 0.25) is 0 Å². The number of rotatable bonds is 6. The van der Waals surface area contributed by atoms with Crippen LogP contribution in [-0.4, -0.2) is 24.3 Å². The SMILES string of the molecule is CCC(NC(C)CNC(=O)OC(C)(C)C)c1ccccc1F. The largest absolute Gasteiger partial charge is 0.444 e. The molecule has 1 aromatic carbocycles. The van der Waals surface area contributed by atoms with Crippen molar-refractivity contribution >= 4 is 6.09 Å². The molecular formula is C17H27FN2O2. The second kappa shape index (κ2) is 8.13. The molecule has 1 aromatic rings. The van der Waals surface area contributed by atoms with Gasteiger partial charge >= 0.3 is 6.09 Å². The molecule has 5 heteroatoms. The van der Waals surface area contributed by atoms with Crippen LogP contribution in [0.3, 0.4) is 0 Å². The molecule has 0 bridgehead atoms. The third kappa shape index (κ3) is 6.43. The smallest absolute Gasteiger partial charge is 0.407 e. The zero-order valence-corrected chi connectivity index (χ0v) is 14.1. The van der Waals surface area contributed by atoms with Crippen molar-refractivity contribution in [1.29, 1.82) is 0 Å². The van der Waals surface area contributed by atoms with E-state index in [2.05, 4.69) is 10.6 Å². The van der Waals surface area contributed by atoms with Crippen molar-refractivity contribution in [1.82, 2.24) is 10.6 Å². The van der Waals surface area contributed by atoms with Crippen molar-refractivity contribution in [2.75, 3.05) is 6.54 Å². The number of carbonyl (C=O) groups excluding carboxylic acids is 1. The van der Waals surface area contributed by atoms with Crippen molar-refractivity contribution in [2.45, 2.75) is 58.7 Å². The van der Waals surface area contributed by atoms with Gasteiger partial charge in [0, 0.05) is 24.2 Å². The number of nitrogens with one attached hydrogen (secondary N) is 2. The molecule has 0 aliphatic carbocycles. The lowest BCUT2D eigenvalue weighted by atomic mass is 10.0. The number of ether oxygens (including phenoxy) is 1. The highest BCUT2D eigenvalue weighted by Gasteiger charge is 2.18. The van der Waals surface area contributed by atoms with Crippen LogP contribution in [0.4, 0.5) is 9.18 Å². The summed E-state index contributed by atoms with van der Waals surface area (Å²) in [5, 5.41) is 6.05. The lowest BCUT2D eigenvalue weighted by Crippen LogP contribution is -2.42. The molecule has 0 saturated heterocycles. The summed E-state index contributed by atoms with van der Waals surface area (Å²) in [6.07, 6.45) is 0.317. The zero-order valence-electron chi connectivity index (χ0n) is 14.1. The summed E-state index contributed by atoms with van der Waals surface area (Å²) in [5.74, 6) is -0.214. The Hall–Kier alpha value is -1.62. The topological polar surface area (TPSA) is 50.4 Å². The summed E-state index contributed by atoms with van der Waals surface area (Å²) in [4.78, 5) is 11.6. The number of hydrogen-bond donors (Lipinski definition) is 2. The molecule has 0 heterocycles. The fourth-order valence-electron chi connectivity index (χ4n) is 2.14. The minimum absolute atomic E-state index is 0.00271. The summed E-state index contributed by atoms with van der Waals surface area (Å²) in [6.45, 7) is 9.82. The maximum atomic E-state index is 13.8. The van der Waals surface area contributed by atoms with Gasteiger partial charge in [0.05, 0.1) is 0 Å². The summed E-state index contributed by atoms with van der Waals surface area (Å²) in [7, 11) is 0. The average Bonchev–Trinajstić information content (AvgIpc) is 2.41. The molecule has 0 aliphatic rings. The summed E-state index contributed by atoms with van der Waals surface area (Å²) >= 11 is 0. The molecule has 1 amide bonds. The second-order valence-electron chi connectivity index (χ2n) is 6.43. The van der Waals surface area contributed by atoms with Crippen LogP contribution in [0, 0.1) is 5.82 Å². The summed E-state index contributed by atoms with van der Waals surface area (Å²) < 4.78 is 19.0. The Balaban J connectivity index is 2.51. The lowest BCUT2D eigenvalue weighted by molar-refractivity contribution is 0.0522. The van der Waals surface area contributed by atoms with Gasteiger partial charge in [-0.3, -0.25) is 0 Å². The van der Waals surface area contributed by atoms with E-state index in [1.807, 2.05) is 40.7 Å². The first-order chi connectivity index (χ1) is 10.2. The fourth-order valence-corrected chi connectivity index (χ4v) is 2.14. The minimum atomic E-state index is -0.514. The van der Waals surface area contributed by atoms with Crippen molar-refractivity contribution in [3.05, 3.63) is 35.6 Å². The van der Waals surface area contributed by atoms with Crippen LogP contribution in [0.15, 0.2) is 24.3 Å². The van der Waals surface area contributed by atoms with E-state index in [9.17, 15) is 9.18 Å². The van der Waals surface area contributed by atoms with Crippen molar-refractivity contribution < 1.29 is 13.9 Å². The Kier molecular flexibility index (Phi) is 6.81. The van der Waals surface area contributed by atoms with Crippen LogP contribution < -0.4 is 10.6 Å². The molecule has 124 valence electrons. The van der Waals surface area contributed by atoms with Gasteiger partial charge in [0.15, 0.2) is 0 Å². The third-order valence-electron chi connectivity index (χ3n) is 3.13. The van der Waals surface area contributed by atoms with Crippen LogP contribution in [-0.2, 0) is 4.74 Å². The van der Waals surface area contributed by atoms with Crippen molar-refractivity contribution in [3.63, 3.8) is 0 Å². The molecular weight excluding hydrogens is 283 g/mol. The minimum Gasteiger partial charge on any atom is -0.444 e. The van der Waals surface area contributed by atoms with E-state index in [4.69, 9.17) is 4.74 Å². The van der Waals surface area contributed by atoms with Gasteiger partial charge in [-0.05, 0) is 40.2 Å². The number of alkyl carbamates (subject to hydrolysis) is 1. The van der Waals surface area contributed by atoms with Crippen LogP contribution in [0.5, 0.6) is 0 Å². The summed E-state index contributed by atoms with van der Waals surface area (Å²) in [5.41, 5.74) is 0.133. The number of hydrogen-bond acceptors (Lipinski definition) is 3. The van der Waals surface area contributed by atoms with E-state index in [0.29, 0.717) is 12.1 Å². The van der Waals surface area contributed by atoms with Crippen LogP contribution in [0.25, 0.3) is 0 Å². The van der Waals surface area contributed by atoms with Crippen LogP contribution >= 0.6 is 0 Å². The van der Waals surface area contributed by atoms with Crippen LogP contribution in [0.1, 0.15) is 52.6 Å². The van der Waals surface area contributed by atoms with E-state index in [1.165, 1.54) is 6.07 Å². The van der Waals surface area contributed by atoms with Crippen molar-refractivity contribution in [3.8, 4) is 0 Å². The van der Waals surface area contributed by atoms with E-state index >= 15 is 0 Å². The standard InChI is InChI=1S/C17H27FN2O2/c1-6-15(13-9-7-8-10-14(13)18)20-12(2)11-19-16(21)22-17(3,4)5/h7-10,12,15,20H,6,11H2,1-5H3,(H,19,21). The third-order valence-corrected chi connectivity index (χ3v) is 3.13. The van der Waals surface area contributed by atoms with E-state index < -0.39 is 11.7 Å². The molecule has 2 unspecified atom stereocenters. The van der Waals surface area contributed by atoms with Crippen LogP contribution in [0.2, 0.25) is 0 Å². The number of benzene rings is 1. The molecule has 0 radical (unpaired) electrons. The maximum absolute atomic E-state index is 13.8. The highest BCUT2D eigenvalue weighted by atomic mass is 19.1. The number of amides is 1. The Morgan fingerprint density at radius 3 is 2.50 bits per heavy atom. The van der Waals surface area contributed by atoms with Gasteiger partial charge in [0.1, 0.15) is 11.4 Å². The van der Waals surface area contributed by atoms with Crippen molar-refractivity contribution in [2.24, 2.45) is 0 Å². The van der Waals surface area contributed by atoms with Gasteiger partial charge in [-0.2, -0.15) is 0 Å². The molecule has 0 aromatic heterocycles. The van der Waals surface area contributed by atoms with Gasteiger partial charge in [-0.1, -0.05) is 25.1 Å².